The number of carbonyl (C=O) groups excluding carboxylic acids is 2. The molecule has 1 saturated heterocycles. The predicted molar refractivity (Wildman–Crippen MR) is 116 cm³/mol. The summed E-state index contributed by atoms with van der Waals surface area (Å²) in [4.78, 5) is 33.5. The molecule has 0 radical (unpaired) electrons. The number of hydrogen-bond donors (Lipinski definition) is 1. The lowest BCUT2D eigenvalue weighted by atomic mass is 9.95. The summed E-state index contributed by atoms with van der Waals surface area (Å²) < 4.78 is 10.6. The minimum Gasteiger partial charge on any atom is -0.507 e. The Balaban J connectivity index is 2.09. The molecule has 1 N–H and O–H groups in total. The summed E-state index contributed by atoms with van der Waals surface area (Å²) in [6.45, 7) is 1.15. The van der Waals surface area contributed by atoms with Gasteiger partial charge in [-0.1, -0.05) is 0 Å². The highest BCUT2D eigenvalue weighted by Crippen LogP contribution is 2.40. The summed E-state index contributed by atoms with van der Waals surface area (Å²) in [5.74, 6) is -0.682. The van der Waals surface area contributed by atoms with Gasteiger partial charge in [0.15, 0.2) is 11.5 Å². The highest BCUT2D eigenvalue weighted by atomic mass is 16.5. The normalized spacial score (nSPS) is 18.0. The van der Waals surface area contributed by atoms with Crippen LogP contribution in [0.5, 0.6) is 11.5 Å². The number of aliphatic hydroxyl groups is 1. The average molecular weight is 425 g/mol. The van der Waals surface area contributed by atoms with Crippen LogP contribution >= 0.6 is 0 Å². The van der Waals surface area contributed by atoms with Crippen LogP contribution in [0.4, 0.5) is 0 Å². The first-order valence-corrected chi connectivity index (χ1v) is 9.94. The largest absolute Gasteiger partial charge is 0.507 e. The van der Waals surface area contributed by atoms with Gasteiger partial charge in [0.25, 0.3) is 11.7 Å². The number of likely N-dealkylation sites (tertiary alicyclic amines) is 1. The van der Waals surface area contributed by atoms with Crippen LogP contribution in [0.3, 0.4) is 0 Å². The molecule has 3 rings (SSSR count). The molecule has 1 aliphatic heterocycles. The number of nitrogens with zero attached hydrogens (tertiary/aromatic N) is 3. The Kier molecular flexibility index (Phi) is 6.91. The number of pyridine rings is 1. The van der Waals surface area contributed by atoms with Gasteiger partial charge in [-0.3, -0.25) is 14.6 Å². The fourth-order valence-electron chi connectivity index (χ4n) is 3.70. The van der Waals surface area contributed by atoms with E-state index < -0.39 is 17.7 Å². The van der Waals surface area contributed by atoms with Crippen molar-refractivity contribution >= 4 is 17.4 Å². The molecule has 0 saturated carbocycles. The zero-order valence-electron chi connectivity index (χ0n) is 18.2. The van der Waals surface area contributed by atoms with Crippen LogP contribution in [-0.4, -0.2) is 73.0 Å². The van der Waals surface area contributed by atoms with E-state index in [2.05, 4.69) is 4.98 Å². The van der Waals surface area contributed by atoms with E-state index in [0.717, 1.165) is 6.54 Å². The molecular formula is C23H27N3O5. The van der Waals surface area contributed by atoms with E-state index in [1.807, 2.05) is 19.0 Å². The number of amides is 1. The van der Waals surface area contributed by atoms with Crippen LogP contribution in [0, 0.1) is 0 Å². The van der Waals surface area contributed by atoms with Crippen molar-refractivity contribution < 1.29 is 24.2 Å². The molecule has 1 amide bonds. The first-order chi connectivity index (χ1) is 14.9. The molecule has 1 aromatic carbocycles. The third kappa shape index (κ3) is 4.54. The number of carbonyl (C=O) groups is 2. The third-order valence-electron chi connectivity index (χ3n) is 5.22. The Labute approximate surface area is 181 Å². The van der Waals surface area contributed by atoms with Crippen molar-refractivity contribution in [3.8, 4) is 11.5 Å². The molecule has 2 heterocycles. The second kappa shape index (κ2) is 9.61. The van der Waals surface area contributed by atoms with Crippen LogP contribution in [0.2, 0.25) is 0 Å². The van der Waals surface area contributed by atoms with E-state index in [1.165, 1.54) is 19.1 Å². The highest BCUT2D eigenvalue weighted by molar-refractivity contribution is 6.46. The van der Waals surface area contributed by atoms with Crippen molar-refractivity contribution in [3.63, 3.8) is 0 Å². The SMILES string of the molecule is COc1ccc(/C(O)=C2\C(=O)C(=O)N(CCCN(C)C)[C@H]2c2ccncc2)cc1OC. The van der Waals surface area contributed by atoms with Crippen LogP contribution in [0.1, 0.15) is 23.6 Å². The van der Waals surface area contributed by atoms with Crippen LogP contribution in [0.15, 0.2) is 48.3 Å². The number of aromatic nitrogens is 1. The standard InChI is InChI=1S/C23H27N3O5/c1-25(2)12-5-13-26-20(15-8-10-24-11-9-15)19(22(28)23(26)29)21(27)16-6-7-17(30-3)18(14-16)31-4/h6-11,14,20,27H,5,12-13H2,1-4H3/b21-19+/t20-/m0/s1. The lowest BCUT2D eigenvalue weighted by Gasteiger charge is -2.25. The third-order valence-corrected chi connectivity index (χ3v) is 5.22. The summed E-state index contributed by atoms with van der Waals surface area (Å²) in [6.07, 6.45) is 3.90. The van der Waals surface area contributed by atoms with Gasteiger partial charge in [-0.05, 0) is 63.0 Å². The van der Waals surface area contributed by atoms with Gasteiger partial charge >= 0.3 is 0 Å². The van der Waals surface area contributed by atoms with Crippen molar-refractivity contribution in [2.24, 2.45) is 0 Å². The highest BCUT2D eigenvalue weighted by Gasteiger charge is 2.45. The molecule has 0 bridgehead atoms. The molecular weight excluding hydrogens is 398 g/mol. The van der Waals surface area contributed by atoms with Crippen molar-refractivity contribution in [1.82, 2.24) is 14.8 Å². The van der Waals surface area contributed by atoms with E-state index in [4.69, 9.17) is 9.47 Å². The lowest BCUT2D eigenvalue weighted by Crippen LogP contribution is -2.32. The van der Waals surface area contributed by atoms with Gasteiger partial charge in [0.05, 0.1) is 25.8 Å². The minimum atomic E-state index is -0.709. The zero-order valence-corrected chi connectivity index (χ0v) is 18.2. The Morgan fingerprint density at radius 2 is 1.77 bits per heavy atom. The van der Waals surface area contributed by atoms with Crippen molar-refractivity contribution in [2.75, 3.05) is 41.4 Å². The van der Waals surface area contributed by atoms with Gasteiger partial charge in [0.2, 0.25) is 0 Å². The van der Waals surface area contributed by atoms with Gasteiger partial charge in [-0.15, -0.1) is 0 Å². The van der Waals surface area contributed by atoms with Gasteiger partial charge < -0.3 is 24.4 Å². The van der Waals surface area contributed by atoms with E-state index in [1.54, 1.807) is 42.7 Å². The van der Waals surface area contributed by atoms with Crippen LogP contribution in [-0.2, 0) is 9.59 Å². The number of Topliss-reactive ketones (excluding diaryl/α,β-unsaturated/α-hetero) is 1. The molecule has 164 valence electrons. The topological polar surface area (TPSA) is 92.2 Å². The molecule has 8 nitrogen and oxygen atoms in total. The maximum absolute atomic E-state index is 13.0. The second-order valence-electron chi connectivity index (χ2n) is 7.50. The molecule has 1 atom stereocenters. The number of ketones is 1. The molecule has 31 heavy (non-hydrogen) atoms. The molecule has 1 aliphatic rings. The monoisotopic (exact) mass is 425 g/mol. The summed E-state index contributed by atoms with van der Waals surface area (Å²) in [5, 5.41) is 11.1. The van der Waals surface area contributed by atoms with Gasteiger partial charge in [0.1, 0.15) is 5.76 Å². The number of rotatable bonds is 8. The van der Waals surface area contributed by atoms with Crippen molar-refractivity contribution in [1.29, 1.82) is 0 Å². The van der Waals surface area contributed by atoms with Crippen LogP contribution < -0.4 is 9.47 Å². The molecule has 1 aromatic heterocycles. The first-order valence-electron chi connectivity index (χ1n) is 9.94. The van der Waals surface area contributed by atoms with Crippen molar-refractivity contribution in [3.05, 3.63) is 59.4 Å². The Hall–Kier alpha value is -3.39. The quantitative estimate of drug-likeness (QED) is 0.395. The minimum absolute atomic E-state index is 0.0493. The van der Waals surface area contributed by atoms with Crippen molar-refractivity contribution in [2.45, 2.75) is 12.5 Å². The molecule has 8 heteroatoms. The van der Waals surface area contributed by atoms with Crippen LogP contribution in [0.25, 0.3) is 5.76 Å². The Bertz CT molecular complexity index is 988. The van der Waals surface area contributed by atoms with Gasteiger partial charge in [0, 0.05) is 24.5 Å². The fourth-order valence-corrected chi connectivity index (χ4v) is 3.70. The summed E-state index contributed by atoms with van der Waals surface area (Å²) in [5.41, 5.74) is 1.12. The van der Waals surface area contributed by atoms with E-state index in [0.29, 0.717) is 35.6 Å². The Morgan fingerprint density at radius 1 is 1.10 bits per heavy atom. The number of methoxy groups -OCH3 is 2. The number of hydrogen-bond acceptors (Lipinski definition) is 7. The summed E-state index contributed by atoms with van der Waals surface area (Å²) in [7, 11) is 6.90. The maximum Gasteiger partial charge on any atom is 0.295 e. The van der Waals surface area contributed by atoms with E-state index >= 15 is 0 Å². The number of ether oxygens (including phenoxy) is 2. The molecule has 0 unspecified atom stereocenters. The molecule has 2 aromatic rings. The number of aliphatic hydroxyl groups excluding tert-OH is 1. The zero-order chi connectivity index (χ0) is 22.5. The second-order valence-corrected chi connectivity index (χ2v) is 7.50. The predicted octanol–water partition coefficient (Wildman–Crippen LogP) is 2.47. The van der Waals surface area contributed by atoms with Gasteiger partial charge in [-0.25, -0.2) is 0 Å². The average Bonchev–Trinajstić information content (AvgIpc) is 3.03. The summed E-state index contributed by atoms with van der Waals surface area (Å²) >= 11 is 0. The Morgan fingerprint density at radius 3 is 2.39 bits per heavy atom. The first kappa shape index (κ1) is 22.3. The van der Waals surface area contributed by atoms with E-state index in [-0.39, 0.29) is 11.3 Å². The fraction of sp³-hybridized carbons (Fsp3) is 0.348. The molecule has 1 fully saturated rings. The lowest BCUT2D eigenvalue weighted by molar-refractivity contribution is -0.139. The maximum atomic E-state index is 13.0. The van der Waals surface area contributed by atoms with E-state index in [9.17, 15) is 14.7 Å². The van der Waals surface area contributed by atoms with Gasteiger partial charge in [-0.2, -0.15) is 0 Å². The molecule has 0 spiro atoms. The molecule has 0 aliphatic carbocycles. The number of benzene rings is 1. The summed E-state index contributed by atoms with van der Waals surface area (Å²) in [6, 6.07) is 7.65. The smallest absolute Gasteiger partial charge is 0.295 e.